The molecular formula is C21H16ClN3O4. The van der Waals surface area contributed by atoms with Gasteiger partial charge in [0.15, 0.2) is 11.5 Å². The number of carbonyl (C=O) groups is 2. The molecule has 1 heterocycles. The number of nitrogens with zero attached hydrogens (tertiary/aromatic N) is 2. The minimum atomic E-state index is -0.537. The molecule has 0 fully saturated rings. The molecule has 1 amide bonds. The topological polar surface area (TPSA) is 89.9 Å². The number of rotatable bonds is 6. The molecule has 0 unspecified atom stereocenters. The lowest BCUT2D eigenvalue weighted by Gasteiger charge is -2.10. The normalized spacial score (nSPS) is 10.6. The van der Waals surface area contributed by atoms with Crippen LogP contribution in [0.1, 0.15) is 26.3 Å². The molecular weight excluding hydrogens is 394 g/mol. The lowest BCUT2D eigenvalue weighted by molar-refractivity contribution is 0.0729. The Morgan fingerprint density at radius 2 is 1.86 bits per heavy atom. The number of esters is 1. The Hall–Kier alpha value is -3.71. The van der Waals surface area contributed by atoms with Gasteiger partial charge in [-0.15, -0.1) is 0 Å². The van der Waals surface area contributed by atoms with Crippen molar-refractivity contribution in [2.75, 3.05) is 7.11 Å². The molecule has 3 aromatic rings. The third-order valence-corrected chi connectivity index (χ3v) is 4.03. The lowest BCUT2D eigenvalue weighted by Crippen LogP contribution is -2.17. The molecule has 7 nitrogen and oxygen atoms in total. The molecule has 146 valence electrons. The lowest BCUT2D eigenvalue weighted by atomic mass is 10.2. The first kappa shape index (κ1) is 20.0. The Morgan fingerprint density at radius 1 is 1.07 bits per heavy atom. The Labute approximate surface area is 171 Å². The van der Waals surface area contributed by atoms with E-state index in [0.717, 1.165) is 0 Å². The molecule has 3 rings (SSSR count). The molecule has 0 aliphatic rings. The Balaban J connectivity index is 1.67. The summed E-state index contributed by atoms with van der Waals surface area (Å²) < 4.78 is 10.7. The fourth-order valence-corrected chi connectivity index (χ4v) is 2.45. The van der Waals surface area contributed by atoms with Gasteiger partial charge in [-0.2, -0.15) is 5.10 Å². The molecule has 1 N–H and O–H groups in total. The number of aromatic nitrogens is 1. The highest BCUT2D eigenvalue weighted by Gasteiger charge is 2.13. The van der Waals surface area contributed by atoms with Crippen molar-refractivity contribution in [3.05, 3.63) is 88.7 Å². The van der Waals surface area contributed by atoms with Crippen LogP contribution in [-0.4, -0.2) is 30.2 Å². The summed E-state index contributed by atoms with van der Waals surface area (Å²) in [6, 6.07) is 14.5. The number of ether oxygens (including phenoxy) is 2. The van der Waals surface area contributed by atoms with Gasteiger partial charge in [-0.05, 0) is 60.2 Å². The number of methoxy groups -OCH3 is 1. The molecule has 0 radical (unpaired) electrons. The van der Waals surface area contributed by atoms with E-state index in [2.05, 4.69) is 15.5 Å². The predicted octanol–water partition coefficient (Wildman–Crippen LogP) is 3.73. The molecule has 0 aliphatic carbocycles. The third kappa shape index (κ3) is 5.40. The van der Waals surface area contributed by atoms with Gasteiger partial charge in [0, 0.05) is 17.4 Å². The zero-order chi connectivity index (χ0) is 20.6. The number of amides is 1. The average Bonchev–Trinajstić information content (AvgIpc) is 2.75. The summed E-state index contributed by atoms with van der Waals surface area (Å²) in [5.74, 6) is -0.321. The van der Waals surface area contributed by atoms with Gasteiger partial charge in [0.25, 0.3) is 5.91 Å². The van der Waals surface area contributed by atoms with E-state index in [0.29, 0.717) is 27.5 Å². The van der Waals surface area contributed by atoms with E-state index in [4.69, 9.17) is 21.1 Å². The SMILES string of the molecule is COc1cc(/C=N/NC(=O)c2cccnc2)ccc1OC(=O)c1ccc(Cl)cc1. The summed E-state index contributed by atoms with van der Waals surface area (Å²) in [6.45, 7) is 0. The first-order valence-corrected chi connectivity index (χ1v) is 8.84. The van der Waals surface area contributed by atoms with Crippen LogP contribution in [0, 0.1) is 0 Å². The van der Waals surface area contributed by atoms with Crippen LogP contribution < -0.4 is 14.9 Å². The van der Waals surface area contributed by atoms with E-state index in [1.54, 1.807) is 60.8 Å². The first-order chi connectivity index (χ1) is 14.1. The Morgan fingerprint density at radius 3 is 2.55 bits per heavy atom. The second-order valence-electron chi connectivity index (χ2n) is 5.75. The van der Waals surface area contributed by atoms with E-state index < -0.39 is 5.97 Å². The van der Waals surface area contributed by atoms with Crippen molar-refractivity contribution < 1.29 is 19.1 Å². The average molecular weight is 410 g/mol. The van der Waals surface area contributed by atoms with E-state index >= 15 is 0 Å². The number of hydrogen-bond donors (Lipinski definition) is 1. The highest BCUT2D eigenvalue weighted by Crippen LogP contribution is 2.28. The molecule has 0 saturated heterocycles. The number of hydrazone groups is 1. The highest BCUT2D eigenvalue weighted by molar-refractivity contribution is 6.30. The smallest absolute Gasteiger partial charge is 0.343 e. The molecule has 0 aliphatic heterocycles. The second kappa shape index (κ2) is 9.48. The van der Waals surface area contributed by atoms with Crippen molar-refractivity contribution in [1.29, 1.82) is 0 Å². The van der Waals surface area contributed by atoms with Gasteiger partial charge in [-0.1, -0.05) is 11.6 Å². The number of carbonyl (C=O) groups excluding carboxylic acids is 2. The zero-order valence-corrected chi connectivity index (χ0v) is 16.1. The van der Waals surface area contributed by atoms with Gasteiger partial charge >= 0.3 is 5.97 Å². The van der Waals surface area contributed by atoms with Gasteiger partial charge in [0.2, 0.25) is 0 Å². The van der Waals surface area contributed by atoms with Gasteiger partial charge in [-0.3, -0.25) is 9.78 Å². The van der Waals surface area contributed by atoms with Crippen LogP contribution in [0.4, 0.5) is 0 Å². The monoisotopic (exact) mass is 409 g/mol. The van der Waals surface area contributed by atoms with Crippen molar-refractivity contribution in [3.63, 3.8) is 0 Å². The molecule has 0 bridgehead atoms. The molecule has 8 heteroatoms. The van der Waals surface area contributed by atoms with E-state index in [9.17, 15) is 9.59 Å². The Bertz CT molecular complexity index is 1040. The van der Waals surface area contributed by atoms with E-state index in [1.165, 1.54) is 19.5 Å². The highest BCUT2D eigenvalue weighted by atomic mass is 35.5. The number of pyridine rings is 1. The van der Waals surface area contributed by atoms with Gasteiger partial charge in [0.05, 0.1) is 24.5 Å². The van der Waals surface area contributed by atoms with Crippen molar-refractivity contribution in [1.82, 2.24) is 10.4 Å². The molecule has 0 saturated carbocycles. The van der Waals surface area contributed by atoms with E-state index in [-0.39, 0.29) is 11.7 Å². The molecule has 2 aromatic carbocycles. The van der Waals surface area contributed by atoms with Crippen molar-refractivity contribution >= 4 is 29.7 Å². The van der Waals surface area contributed by atoms with Gasteiger partial charge in [-0.25, -0.2) is 10.2 Å². The second-order valence-corrected chi connectivity index (χ2v) is 6.18. The maximum absolute atomic E-state index is 12.3. The van der Waals surface area contributed by atoms with E-state index in [1.807, 2.05) is 0 Å². The maximum atomic E-state index is 12.3. The van der Waals surface area contributed by atoms with Gasteiger partial charge < -0.3 is 9.47 Å². The van der Waals surface area contributed by atoms with Crippen LogP contribution in [0.3, 0.4) is 0 Å². The summed E-state index contributed by atoms with van der Waals surface area (Å²) in [5.41, 5.74) is 3.81. The quantitative estimate of drug-likeness (QED) is 0.290. The number of halogens is 1. The Kier molecular flexibility index (Phi) is 6.55. The van der Waals surface area contributed by atoms with Crippen LogP contribution in [0.25, 0.3) is 0 Å². The van der Waals surface area contributed by atoms with Crippen molar-refractivity contribution in [2.24, 2.45) is 5.10 Å². The molecule has 29 heavy (non-hydrogen) atoms. The van der Waals surface area contributed by atoms with Crippen molar-refractivity contribution in [3.8, 4) is 11.5 Å². The summed E-state index contributed by atoms with van der Waals surface area (Å²) in [4.78, 5) is 28.1. The fourth-order valence-electron chi connectivity index (χ4n) is 2.32. The fraction of sp³-hybridized carbons (Fsp3) is 0.0476. The first-order valence-electron chi connectivity index (χ1n) is 8.46. The summed E-state index contributed by atoms with van der Waals surface area (Å²) in [5, 5.41) is 4.44. The molecule has 0 spiro atoms. The molecule has 0 atom stereocenters. The predicted molar refractivity (Wildman–Crippen MR) is 109 cm³/mol. The zero-order valence-electron chi connectivity index (χ0n) is 15.3. The number of nitrogens with one attached hydrogen (secondary N) is 1. The summed E-state index contributed by atoms with van der Waals surface area (Å²) in [7, 11) is 1.46. The van der Waals surface area contributed by atoms with Crippen LogP contribution in [0.2, 0.25) is 5.02 Å². The van der Waals surface area contributed by atoms with Crippen LogP contribution >= 0.6 is 11.6 Å². The third-order valence-electron chi connectivity index (χ3n) is 3.77. The van der Waals surface area contributed by atoms with Gasteiger partial charge in [0.1, 0.15) is 0 Å². The number of benzene rings is 2. The largest absolute Gasteiger partial charge is 0.493 e. The van der Waals surface area contributed by atoms with Crippen molar-refractivity contribution in [2.45, 2.75) is 0 Å². The summed E-state index contributed by atoms with van der Waals surface area (Å²) >= 11 is 5.82. The minimum Gasteiger partial charge on any atom is -0.493 e. The van der Waals surface area contributed by atoms with Crippen LogP contribution in [0.5, 0.6) is 11.5 Å². The maximum Gasteiger partial charge on any atom is 0.343 e. The van der Waals surface area contributed by atoms with Crippen LogP contribution in [-0.2, 0) is 0 Å². The summed E-state index contributed by atoms with van der Waals surface area (Å²) in [6.07, 6.45) is 4.47. The standard InChI is InChI=1S/C21H16ClN3O4/c1-28-19-11-14(12-24-25-20(26)16-3-2-10-23-13-16)4-9-18(19)29-21(27)15-5-7-17(22)8-6-15/h2-13H,1H3,(H,25,26)/b24-12+. The molecule has 1 aromatic heterocycles. The number of hydrogen-bond acceptors (Lipinski definition) is 6. The van der Waals surface area contributed by atoms with Crippen LogP contribution in [0.15, 0.2) is 72.1 Å². The minimum absolute atomic E-state index is 0.254.